The van der Waals surface area contributed by atoms with Crippen LogP contribution in [0.15, 0.2) is 24.3 Å². The molecule has 1 amide bonds. The highest BCUT2D eigenvalue weighted by Gasteiger charge is 2.34. The number of halogens is 1. The van der Waals surface area contributed by atoms with E-state index in [-0.39, 0.29) is 5.82 Å². The molecule has 0 radical (unpaired) electrons. The number of rotatable bonds is 4. The maximum absolute atomic E-state index is 13.5. The molecule has 3 rings (SSSR count). The van der Waals surface area contributed by atoms with Crippen LogP contribution in [0.2, 0.25) is 0 Å². The van der Waals surface area contributed by atoms with Crippen molar-refractivity contribution >= 4 is 5.91 Å². The number of benzene rings is 1. The van der Waals surface area contributed by atoms with Gasteiger partial charge in [-0.05, 0) is 30.9 Å². The van der Waals surface area contributed by atoms with Gasteiger partial charge in [0.05, 0.1) is 0 Å². The van der Waals surface area contributed by atoms with Crippen LogP contribution in [0.25, 0.3) is 0 Å². The molecule has 1 heterocycles. The average Bonchev–Trinajstić information content (AvgIpc) is 3.31. The fourth-order valence-electron chi connectivity index (χ4n) is 2.76. The van der Waals surface area contributed by atoms with Crippen molar-refractivity contribution in [1.82, 2.24) is 9.80 Å². The zero-order valence-corrected chi connectivity index (χ0v) is 11.7. The topological polar surface area (TPSA) is 23.6 Å². The molecule has 3 nitrogen and oxygen atoms in total. The third-order valence-electron chi connectivity index (χ3n) is 4.27. The number of hydrogen-bond donors (Lipinski definition) is 0. The summed E-state index contributed by atoms with van der Waals surface area (Å²) in [5.74, 6) is 0.550. The number of piperazine rings is 1. The van der Waals surface area contributed by atoms with Crippen molar-refractivity contribution in [3.63, 3.8) is 0 Å². The van der Waals surface area contributed by atoms with Crippen molar-refractivity contribution < 1.29 is 9.18 Å². The van der Waals surface area contributed by atoms with Crippen molar-refractivity contribution in [3.05, 3.63) is 35.6 Å². The number of carbonyl (C=O) groups excluding carboxylic acids is 1. The summed E-state index contributed by atoms with van der Waals surface area (Å²) in [5, 5.41) is 0. The van der Waals surface area contributed by atoms with Gasteiger partial charge in [-0.15, -0.1) is 0 Å². The number of carbonyl (C=O) groups is 1. The molecule has 2 fully saturated rings. The highest BCUT2D eigenvalue weighted by molar-refractivity contribution is 5.81. The molecule has 0 unspecified atom stereocenters. The zero-order valence-electron chi connectivity index (χ0n) is 11.7. The monoisotopic (exact) mass is 276 g/mol. The summed E-state index contributed by atoms with van der Waals surface area (Å²) in [7, 11) is 0. The van der Waals surface area contributed by atoms with E-state index in [9.17, 15) is 9.18 Å². The van der Waals surface area contributed by atoms with Crippen LogP contribution in [0.5, 0.6) is 0 Å². The summed E-state index contributed by atoms with van der Waals surface area (Å²) < 4.78 is 13.5. The van der Waals surface area contributed by atoms with Gasteiger partial charge < -0.3 is 4.90 Å². The molecule has 1 aromatic rings. The van der Waals surface area contributed by atoms with Gasteiger partial charge in [0.15, 0.2) is 0 Å². The van der Waals surface area contributed by atoms with Gasteiger partial charge in [-0.3, -0.25) is 9.69 Å². The van der Waals surface area contributed by atoms with Crippen molar-refractivity contribution in [2.24, 2.45) is 5.92 Å². The van der Waals surface area contributed by atoms with E-state index in [1.807, 2.05) is 17.0 Å². The molecule has 1 aliphatic carbocycles. The highest BCUT2D eigenvalue weighted by Crippen LogP contribution is 2.31. The van der Waals surface area contributed by atoms with Crippen molar-refractivity contribution in [3.8, 4) is 0 Å². The van der Waals surface area contributed by atoms with E-state index < -0.39 is 0 Å². The maximum Gasteiger partial charge on any atom is 0.225 e. The molecule has 1 saturated carbocycles. The van der Waals surface area contributed by atoms with Crippen molar-refractivity contribution in [1.29, 1.82) is 0 Å². The number of nitrogens with zero attached hydrogens (tertiary/aromatic N) is 2. The van der Waals surface area contributed by atoms with E-state index >= 15 is 0 Å². The van der Waals surface area contributed by atoms with Crippen LogP contribution in [0.4, 0.5) is 4.39 Å². The second kappa shape index (κ2) is 5.92. The minimum atomic E-state index is -0.116. The third kappa shape index (κ3) is 3.18. The van der Waals surface area contributed by atoms with Crippen LogP contribution in [0, 0.1) is 11.7 Å². The van der Waals surface area contributed by atoms with Gasteiger partial charge in [0.2, 0.25) is 5.91 Å². The predicted octanol–water partition coefficient (Wildman–Crippen LogP) is 1.92. The zero-order chi connectivity index (χ0) is 13.9. The summed E-state index contributed by atoms with van der Waals surface area (Å²) in [6, 6.07) is 6.97. The molecule has 4 heteroatoms. The average molecular weight is 276 g/mol. The Bertz CT molecular complexity index is 479. The first-order valence-corrected chi connectivity index (χ1v) is 7.48. The number of amides is 1. The van der Waals surface area contributed by atoms with Gasteiger partial charge >= 0.3 is 0 Å². The maximum atomic E-state index is 13.5. The lowest BCUT2D eigenvalue weighted by Gasteiger charge is -2.34. The smallest absolute Gasteiger partial charge is 0.225 e. The molecule has 0 bridgehead atoms. The first kappa shape index (κ1) is 13.6. The van der Waals surface area contributed by atoms with Crippen LogP contribution >= 0.6 is 0 Å². The minimum absolute atomic E-state index is 0.116. The second-order valence-electron chi connectivity index (χ2n) is 5.78. The van der Waals surface area contributed by atoms with Crippen molar-refractivity contribution in [2.75, 3.05) is 32.7 Å². The Morgan fingerprint density at radius 1 is 1.15 bits per heavy atom. The number of hydrogen-bond acceptors (Lipinski definition) is 2. The largest absolute Gasteiger partial charge is 0.340 e. The minimum Gasteiger partial charge on any atom is -0.340 e. The van der Waals surface area contributed by atoms with Gasteiger partial charge in [-0.25, -0.2) is 4.39 Å². The quantitative estimate of drug-likeness (QED) is 0.839. The van der Waals surface area contributed by atoms with Crippen molar-refractivity contribution in [2.45, 2.75) is 19.3 Å². The molecule has 1 aliphatic heterocycles. The Labute approximate surface area is 119 Å². The van der Waals surface area contributed by atoms with E-state index in [2.05, 4.69) is 4.90 Å². The van der Waals surface area contributed by atoms with E-state index in [0.717, 1.165) is 57.5 Å². The van der Waals surface area contributed by atoms with Crippen LogP contribution in [0.1, 0.15) is 18.4 Å². The summed E-state index contributed by atoms with van der Waals surface area (Å²) in [6.07, 6.45) is 2.89. The first-order chi connectivity index (χ1) is 9.74. The Hall–Kier alpha value is -1.42. The van der Waals surface area contributed by atoms with E-state index in [0.29, 0.717) is 11.8 Å². The van der Waals surface area contributed by atoms with E-state index in [4.69, 9.17) is 0 Å². The predicted molar refractivity (Wildman–Crippen MR) is 75.8 cm³/mol. The van der Waals surface area contributed by atoms with E-state index in [1.54, 1.807) is 6.07 Å². The molecule has 20 heavy (non-hydrogen) atoms. The van der Waals surface area contributed by atoms with Gasteiger partial charge in [-0.2, -0.15) is 0 Å². The summed E-state index contributed by atoms with van der Waals surface area (Å²) in [5.41, 5.74) is 0.781. The van der Waals surface area contributed by atoms with Crippen LogP contribution in [0.3, 0.4) is 0 Å². The Balaban J connectivity index is 1.44. The molecule has 108 valence electrons. The Morgan fingerprint density at radius 3 is 2.50 bits per heavy atom. The Kier molecular flexibility index (Phi) is 4.01. The summed E-state index contributed by atoms with van der Waals surface area (Å²) in [6.45, 7) is 4.34. The third-order valence-corrected chi connectivity index (χ3v) is 4.27. The van der Waals surface area contributed by atoms with Crippen LogP contribution in [-0.2, 0) is 11.2 Å². The van der Waals surface area contributed by atoms with Gasteiger partial charge in [-0.1, -0.05) is 18.2 Å². The standard InChI is InChI=1S/C16H21FN2O/c17-15-4-2-1-3-13(15)7-8-18-9-11-19(12-10-18)16(20)14-5-6-14/h1-4,14H,5-12H2. The molecule has 1 saturated heterocycles. The van der Waals surface area contributed by atoms with Gasteiger partial charge in [0.1, 0.15) is 5.82 Å². The van der Waals surface area contributed by atoms with E-state index in [1.165, 1.54) is 6.07 Å². The fourth-order valence-corrected chi connectivity index (χ4v) is 2.76. The normalized spacial score (nSPS) is 20.1. The van der Waals surface area contributed by atoms with Crippen LogP contribution in [-0.4, -0.2) is 48.4 Å². The Morgan fingerprint density at radius 2 is 1.85 bits per heavy atom. The molecule has 0 spiro atoms. The molecule has 0 N–H and O–H groups in total. The summed E-state index contributed by atoms with van der Waals surface area (Å²) in [4.78, 5) is 16.3. The lowest BCUT2D eigenvalue weighted by molar-refractivity contribution is -0.134. The lowest BCUT2D eigenvalue weighted by Crippen LogP contribution is -2.49. The SMILES string of the molecule is O=C(C1CC1)N1CCN(CCc2ccccc2F)CC1. The van der Waals surface area contributed by atoms with Gasteiger partial charge in [0.25, 0.3) is 0 Å². The second-order valence-corrected chi connectivity index (χ2v) is 5.78. The molecule has 2 aliphatic rings. The van der Waals surface area contributed by atoms with Crippen LogP contribution < -0.4 is 0 Å². The highest BCUT2D eigenvalue weighted by atomic mass is 19.1. The first-order valence-electron chi connectivity index (χ1n) is 7.48. The lowest BCUT2D eigenvalue weighted by atomic mass is 10.1. The fraction of sp³-hybridized carbons (Fsp3) is 0.562. The molecule has 0 aromatic heterocycles. The molecule has 0 atom stereocenters. The van der Waals surface area contributed by atoms with Gasteiger partial charge in [0, 0.05) is 38.6 Å². The molecular formula is C16H21FN2O. The molecular weight excluding hydrogens is 255 g/mol. The summed E-state index contributed by atoms with van der Waals surface area (Å²) >= 11 is 0. The molecule has 1 aromatic carbocycles.